The van der Waals surface area contributed by atoms with Crippen molar-refractivity contribution in [1.82, 2.24) is 15.6 Å². The highest BCUT2D eigenvalue weighted by Gasteiger charge is 2.20. The maximum absolute atomic E-state index is 12.0. The van der Waals surface area contributed by atoms with Crippen LogP contribution in [0.5, 0.6) is 0 Å². The predicted molar refractivity (Wildman–Crippen MR) is 121 cm³/mol. The normalized spacial score (nSPS) is 12.5. The van der Waals surface area contributed by atoms with Gasteiger partial charge in [-0.05, 0) is 38.3 Å². The van der Waals surface area contributed by atoms with Gasteiger partial charge in [-0.2, -0.15) is 0 Å². The first kappa shape index (κ1) is 23.8. The predicted octanol–water partition coefficient (Wildman–Crippen LogP) is 3.98. The van der Waals surface area contributed by atoms with Crippen LogP contribution in [0, 0.1) is 6.92 Å². The van der Waals surface area contributed by atoms with E-state index in [1.54, 1.807) is 14.0 Å². The van der Waals surface area contributed by atoms with Gasteiger partial charge in [0.15, 0.2) is 5.96 Å². The minimum Gasteiger partial charge on any atom is -0.462 e. The second-order valence-corrected chi connectivity index (χ2v) is 7.83. The number of esters is 1. The first-order chi connectivity index (χ1) is 14.5. The van der Waals surface area contributed by atoms with E-state index in [0.29, 0.717) is 36.3 Å². The number of carbonyl (C=O) groups is 1. The van der Waals surface area contributed by atoms with Gasteiger partial charge in [0.2, 0.25) is 0 Å². The summed E-state index contributed by atoms with van der Waals surface area (Å²) in [6, 6.07) is 8.11. The average molecular weight is 433 g/mol. The number of aromatic nitrogens is 1. The topological polar surface area (TPSA) is 84.8 Å². The lowest BCUT2D eigenvalue weighted by Gasteiger charge is -2.17. The van der Waals surface area contributed by atoms with Gasteiger partial charge in [0.1, 0.15) is 9.88 Å². The highest BCUT2D eigenvalue weighted by atomic mass is 32.1. The van der Waals surface area contributed by atoms with Crippen molar-refractivity contribution in [2.45, 2.75) is 53.3 Å². The number of hydrogen-bond acceptors (Lipinski definition) is 6. The maximum Gasteiger partial charge on any atom is 0.350 e. The summed E-state index contributed by atoms with van der Waals surface area (Å²) in [7, 11) is 1.73. The number of rotatable bonds is 10. The minimum atomic E-state index is -0.324. The Hall–Kier alpha value is -2.45. The molecule has 2 aromatic rings. The molecule has 0 spiro atoms. The third-order valence-corrected chi connectivity index (χ3v) is 5.71. The van der Waals surface area contributed by atoms with E-state index in [0.717, 1.165) is 23.6 Å². The van der Waals surface area contributed by atoms with Gasteiger partial charge in [-0.1, -0.05) is 31.2 Å². The van der Waals surface area contributed by atoms with Crippen molar-refractivity contribution < 1.29 is 14.3 Å². The summed E-state index contributed by atoms with van der Waals surface area (Å²) in [5.74, 6) is 0.340. The zero-order valence-corrected chi connectivity index (χ0v) is 19.3. The van der Waals surface area contributed by atoms with Gasteiger partial charge in [-0.25, -0.2) is 9.78 Å². The van der Waals surface area contributed by atoms with Crippen LogP contribution < -0.4 is 10.6 Å². The van der Waals surface area contributed by atoms with Crippen molar-refractivity contribution in [3.05, 3.63) is 51.0 Å². The zero-order valence-electron chi connectivity index (χ0n) is 18.4. The molecule has 7 nitrogen and oxygen atoms in total. The third-order valence-electron chi connectivity index (χ3n) is 4.39. The molecule has 1 heterocycles. The fraction of sp³-hybridized carbons (Fsp3) is 0.500. The van der Waals surface area contributed by atoms with Crippen molar-refractivity contribution in [2.75, 3.05) is 20.3 Å². The molecule has 0 amide bonds. The summed E-state index contributed by atoms with van der Waals surface area (Å²) in [4.78, 5) is 21.4. The number of ether oxygens (including phenoxy) is 2. The summed E-state index contributed by atoms with van der Waals surface area (Å²) < 4.78 is 10.8. The molecule has 164 valence electrons. The second kappa shape index (κ2) is 12.3. The molecular formula is C22H32N4O3S. The summed E-state index contributed by atoms with van der Waals surface area (Å²) in [6.07, 6.45) is 1.00. The molecule has 0 aliphatic rings. The van der Waals surface area contributed by atoms with E-state index in [2.05, 4.69) is 39.7 Å². The molecule has 8 heteroatoms. The Morgan fingerprint density at radius 2 is 2.00 bits per heavy atom. The monoisotopic (exact) mass is 432 g/mol. The molecule has 0 saturated carbocycles. The van der Waals surface area contributed by atoms with Gasteiger partial charge >= 0.3 is 5.97 Å². The Morgan fingerprint density at radius 3 is 2.67 bits per heavy atom. The molecule has 30 heavy (non-hydrogen) atoms. The SMILES string of the molecule is CCCOCc1ccccc1CNC(=NC)NC(C)c1nc(C)c(C(=O)OCC)s1. The molecule has 0 aliphatic heterocycles. The Balaban J connectivity index is 1.98. The highest BCUT2D eigenvalue weighted by Crippen LogP contribution is 2.24. The van der Waals surface area contributed by atoms with Crippen LogP contribution in [0.4, 0.5) is 0 Å². The molecule has 1 aromatic carbocycles. The number of hydrogen-bond donors (Lipinski definition) is 2. The molecule has 0 aliphatic carbocycles. The van der Waals surface area contributed by atoms with Crippen molar-refractivity contribution in [3.63, 3.8) is 0 Å². The fourth-order valence-electron chi connectivity index (χ4n) is 2.83. The third kappa shape index (κ3) is 6.81. The van der Waals surface area contributed by atoms with Crippen LogP contribution in [0.2, 0.25) is 0 Å². The second-order valence-electron chi connectivity index (χ2n) is 6.80. The molecular weight excluding hydrogens is 400 g/mol. The van der Waals surface area contributed by atoms with Crippen LogP contribution in [0.15, 0.2) is 29.3 Å². The number of nitrogens with one attached hydrogen (secondary N) is 2. The van der Waals surface area contributed by atoms with Crippen LogP contribution in [-0.2, 0) is 22.6 Å². The van der Waals surface area contributed by atoms with Crippen LogP contribution in [-0.4, -0.2) is 37.2 Å². The van der Waals surface area contributed by atoms with E-state index < -0.39 is 0 Å². The summed E-state index contributed by atoms with van der Waals surface area (Å²) in [5, 5.41) is 7.50. The zero-order chi connectivity index (χ0) is 21.9. The molecule has 1 aromatic heterocycles. The van der Waals surface area contributed by atoms with E-state index in [1.807, 2.05) is 26.0 Å². The summed E-state index contributed by atoms with van der Waals surface area (Å²) in [5.41, 5.74) is 3.02. The lowest BCUT2D eigenvalue weighted by atomic mass is 10.1. The Morgan fingerprint density at radius 1 is 1.27 bits per heavy atom. The Kier molecular flexibility index (Phi) is 9.76. The lowest BCUT2D eigenvalue weighted by Crippen LogP contribution is -2.38. The first-order valence-corrected chi connectivity index (χ1v) is 11.1. The van der Waals surface area contributed by atoms with Crippen molar-refractivity contribution >= 4 is 23.3 Å². The Labute approximate surface area is 182 Å². The van der Waals surface area contributed by atoms with Crippen LogP contribution in [0.25, 0.3) is 0 Å². The largest absolute Gasteiger partial charge is 0.462 e. The number of thiazole rings is 1. The van der Waals surface area contributed by atoms with Crippen LogP contribution in [0.3, 0.4) is 0 Å². The maximum atomic E-state index is 12.0. The molecule has 0 bridgehead atoms. The smallest absolute Gasteiger partial charge is 0.350 e. The van der Waals surface area contributed by atoms with E-state index in [9.17, 15) is 4.79 Å². The highest BCUT2D eigenvalue weighted by molar-refractivity contribution is 7.13. The summed E-state index contributed by atoms with van der Waals surface area (Å²) in [6.45, 7) is 10.0. The van der Waals surface area contributed by atoms with E-state index in [4.69, 9.17) is 9.47 Å². The fourth-order valence-corrected chi connectivity index (χ4v) is 3.79. The van der Waals surface area contributed by atoms with Gasteiger partial charge in [0.25, 0.3) is 0 Å². The molecule has 0 radical (unpaired) electrons. The number of nitrogens with zero attached hydrogens (tertiary/aromatic N) is 2. The number of aryl methyl sites for hydroxylation is 1. The molecule has 1 unspecified atom stereocenters. The molecule has 1 atom stereocenters. The number of aliphatic imine (C=N–C) groups is 1. The molecule has 2 rings (SSSR count). The van der Waals surface area contributed by atoms with Gasteiger partial charge in [-0.15, -0.1) is 11.3 Å². The molecule has 0 saturated heterocycles. The average Bonchev–Trinajstić information content (AvgIpc) is 3.14. The van der Waals surface area contributed by atoms with Crippen molar-refractivity contribution in [2.24, 2.45) is 4.99 Å². The number of benzene rings is 1. The van der Waals surface area contributed by atoms with Crippen molar-refractivity contribution in [3.8, 4) is 0 Å². The number of guanidine groups is 1. The van der Waals surface area contributed by atoms with E-state index in [1.165, 1.54) is 16.9 Å². The van der Waals surface area contributed by atoms with Crippen LogP contribution >= 0.6 is 11.3 Å². The lowest BCUT2D eigenvalue weighted by molar-refractivity contribution is 0.0531. The van der Waals surface area contributed by atoms with Gasteiger partial charge in [0, 0.05) is 20.2 Å². The standard InChI is InChI=1S/C22H32N4O3S/c1-6-12-28-14-18-11-9-8-10-17(18)13-24-22(23-5)26-16(4)20-25-15(3)19(30-20)21(27)29-7-2/h8-11,16H,6-7,12-14H2,1-5H3,(H2,23,24,26). The van der Waals surface area contributed by atoms with Gasteiger partial charge in [-0.3, -0.25) is 4.99 Å². The van der Waals surface area contributed by atoms with Gasteiger partial charge < -0.3 is 20.1 Å². The van der Waals surface area contributed by atoms with Crippen LogP contribution in [0.1, 0.15) is 64.7 Å². The van der Waals surface area contributed by atoms with Gasteiger partial charge in [0.05, 0.1) is 24.9 Å². The molecule has 0 fully saturated rings. The van der Waals surface area contributed by atoms with E-state index >= 15 is 0 Å². The van der Waals surface area contributed by atoms with Crippen molar-refractivity contribution in [1.29, 1.82) is 0 Å². The number of carbonyl (C=O) groups excluding carboxylic acids is 1. The first-order valence-electron chi connectivity index (χ1n) is 10.3. The van der Waals surface area contributed by atoms with E-state index in [-0.39, 0.29) is 12.0 Å². The summed E-state index contributed by atoms with van der Waals surface area (Å²) >= 11 is 1.35. The minimum absolute atomic E-state index is 0.105. The quantitative estimate of drug-likeness (QED) is 0.256. The Bertz CT molecular complexity index is 851. The molecule has 2 N–H and O–H groups in total.